The van der Waals surface area contributed by atoms with Crippen molar-refractivity contribution in [3.05, 3.63) is 41.7 Å². The maximum atomic E-state index is 12.9. The molecule has 2 N–H and O–H groups in total. The summed E-state index contributed by atoms with van der Waals surface area (Å²) in [7, 11) is 0. The number of hydrogen-bond acceptors (Lipinski definition) is 7. The third-order valence-electron chi connectivity index (χ3n) is 7.81. The number of nitrogens with zero attached hydrogens (tertiary/aromatic N) is 4. The van der Waals surface area contributed by atoms with E-state index < -0.39 is 0 Å². The first-order chi connectivity index (χ1) is 16.6. The Hall–Kier alpha value is -2.58. The van der Waals surface area contributed by atoms with E-state index in [0.717, 1.165) is 64.6 Å². The van der Waals surface area contributed by atoms with Crippen LogP contribution in [0.25, 0.3) is 0 Å². The summed E-state index contributed by atoms with van der Waals surface area (Å²) in [5.74, 6) is 1.84. The molecule has 8 heteroatoms. The van der Waals surface area contributed by atoms with Crippen LogP contribution in [0.2, 0.25) is 0 Å². The van der Waals surface area contributed by atoms with Crippen molar-refractivity contribution in [3.63, 3.8) is 0 Å². The first kappa shape index (κ1) is 23.2. The first-order valence-electron chi connectivity index (χ1n) is 12.9. The number of likely N-dealkylation sites (tertiary alicyclic amines) is 1. The quantitative estimate of drug-likeness (QED) is 0.644. The van der Waals surface area contributed by atoms with Crippen LogP contribution in [0.1, 0.15) is 39.2 Å². The zero-order valence-electron chi connectivity index (χ0n) is 20.7. The molecule has 1 amide bonds. The van der Waals surface area contributed by atoms with Crippen LogP contribution in [0.5, 0.6) is 0 Å². The topological polar surface area (TPSA) is 72.4 Å². The van der Waals surface area contributed by atoms with Crippen LogP contribution in [0, 0.1) is 17.8 Å². The first-order valence-corrected chi connectivity index (χ1v) is 12.9. The normalized spacial score (nSPS) is 27.7. The SMILES string of the molecule is CCN(CC)c1ccc(CN2CC(C)C(C3=NN4C(=CNC4C4CCOCC4)C(=O)N3)C2)cc1. The Labute approximate surface area is 203 Å². The molecule has 4 aliphatic rings. The van der Waals surface area contributed by atoms with Gasteiger partial charge in [0.1, 0.15) is 17.7 Å². The molecular formula is C26H38N6O2. The highest BCUT2D eigenvalue weighted by atomic mass is 16.5. The summed E-state index contributed by atoms with van der Waals surface area (Å²) in [4.78, 5) is 17.8. The number of amides is 1. The molecule has 0 aromatic heterocycles. The van der Waals surface area contributed by atoms with Gasteiger partial charge in [0.05, 0.1) is 0 Å². The van der Waals surface area contributed by atoms with Gasteiger partial charge in [0.25, 0.3) is 5.91 Å². The Morgan fingerprint density at radius 3 is 2.56 bits per heavy atom. The average molecular weight is 467 g/mol. The number of ether oxygens (including phenoxy) is 1. The molecule has 4 heterocycles. The zero-order valence-corrected chi connectivity index (χ0v) is 20.7. The average Bonchev–Trinajstić information content (AvgIpc) is 3.45. The summed E-state index contributed by atoms with van der Waals surface area (Å²) in [6.07, 6.45) is 3.84. The smallest absolute Gasteiger partial charge is 0.276 e. The second-order valence-electron chi connectivity index (χ2n) is 9.99. The molecule has 3 unspecified atom stereocenters. The van der Waals surface area contributed by atoms with Crippen molar-refractivity contribution in [2.45, 2.75) is 46.3 Å². The molecule has 0 radical (unpaired) electrons. The highest BCUT2D eigenvalue weighted by molar-refractivity contribution is 6.08. The lowest BCUT2D eigenvalue weighted by Gasteiger charge is -2.36. The fourth-order valence-electron chi connectivity index (χ4n) is 5.80. The molecule has 0 saturated carbocycles. The summed E-state index contributed by atoms with van der Waals surface area (Å²) in [5.41, 5.74) is 3.23. The molecule has 0 aliphatic carbocycles. The van der Waals surface area contributed by atoms with Gasteiger partial charge in [-0.15, -0.1) is 0 Å². The minimum absolute atomic E-state index is 0.0390. The second kappa shape index (κ2) is 9.96. The van der Waals surface area contributed by atoms with Crippen molar-refractivity contribution in [3.8, 4) is 0 Å². The number of hydrazone groups is 1. The number of carbonyl (C=O) groups is 1. The maximum Gasteiger partial charge on any atom is 0.276 e. The van der Waals surface area contributed by atoms with Gasteiger partial charge in [0.15, 0.2) is 0 Å². The van der Waals surface area contributed by atoms with E-state index in [1.54, 1.807) is 0 Å². The Morgan fingerprint density at radius 2 is 1.85 bits per heavy atom. The van der Waals surface area contributed by atoms with Crippen molar-refractivity contribution < 1.29 is 9.53 Å². The van der Waals surface area contributed by atoms with E-state index >= 15 is 0 Å². The van der Waals surface area contributed by atoms with Gasteiger partial charge in [-0.25, -0.2) is 5.01 Å². The van der Waals surface area contributed by atoms with Gasteiger partial charge in [-0.1, -0.05) is 19.1 Å². The van der Waals surface area contributed by atoms with E-state index in [1.165, 1.54) is 11.3 Å². The molecule has 0 spiro atoms. The Bertz CT molecular complexity index is 935. The maximum absolute atomic E-state index is 12.9. The molecular weight excluding hydrogens is 428 g/mol. The van der Waals surface area contributed by atoms with Crippen molar-refractivity contribution in [1.82, 2.24) is 20.5 Å². The predicted octanol–water partition coefficient (Wildman–Crippen LogP) is 2.54. The Morgan fingerprint density at radius 1 is 1.12 bits per heavy atom. The lowest BCUT2D eigenvalue weighted by atomic mass is 9.95. The lowest BCUT2D eigenvalue weighted by Crippen LogP contribution is -2.51. The molecule has 1 aromatic rings. The fourth-order valence-corrected chi connectivity index (χ4v) is 5.80. The molecule has 0 bridgehead atoms. The summed E-state index contributed by atoms with van der Waals surface area (Å²) in [6.45, 7) is 13.1. The number of hydrogen-bond donors (Lipinski definition) is 2. The second-order valence-corrected chi connectivity index (χ2v) is 9.99. The summed E-state index contributed by atoms with van der Waals surface area (Å²) in [5, 5.41) is 13.4. The van der Waals surface area contributed by atoms with Gasteiger partial charge in [-0.2, -0.15) is 5.10 Å². The number of rotatable bonds is 7. The van der Waals surface area contributed by atoms with Crippen LogP contribution in [0.15, 0.2) is 41.3 Å². The highest BCUT2D eigenvalue weighted by Crippen LogP contribution is 2.32. The van der Waals surface area contributed by atoms with Crippen LogP contribution in [0.3, 0.4) is 0 Å². The van der Waals surface area contributed by atoms with Gasteiger partial charge in [-0.05, 0) is 50.3 Å². The summed E-state index contributed by atoms with van der Waals surface area (Å²) >= 11 is 0. The van der Waals surface area contributed by atoms with Crippen LogP contribution in [-0.4, -0.2) is 67.2 Å². The summed E-state index contributed by atoms with van der Waals surface area (Å²) < 4.78 is 5.54. The third-order valence-corrected chi connectivity index (χ3v) is 7.81. The van der Waals surface area contributed by atoms with Gasteiger partial charge in [0, 0.05) is 69.7 Å². The van der Waals surface area contributed by atoms with E-state index in [2.05, 4.69) is 65.5 Å². The largest absolute Gasteiger partial charge is 0.381 e. The number of benzene rings is 1. The monoisotopic (exact) mass is 466 g/mol. The molecule has 4 aliphatic heterocycles. The zero-order chi connectivity index (χ0) is 23.7. The number of fused-ring (bicyclic) bond motifs is 1. The minimum Gasteiger partial charge on any atom is -0.381 e. The van der Waals surface area contributed by atoms with Crippen molar-refractivity contribution in [2.75, 3.05) is 44.3 Å². The van der Waals surface area contributed by atoms with Crippen LogP contribution >= 0.6 is 0 Å². The molecule has 1 aromatic carbocycles. The molecule has 2 fully saturated rings. The molecule has 5 rings (SSSR count). The number of nitrogens with one attached hydrogen (secondary N) is 2. The van der Waals surface area contributed by atoms with E-state index in [9.17, 15) is 4.79 Å². The van der Waals surface area contributed by atoms with Crippen molar-refractivity contribution in [2.24, 2.45) is 22.9 Å². The number of carbonyl (C=O) groups excluding carboxylic acids is 1. The van der Waals surface area contributed by atoms with Gasteiger partial charge < -0.3 is 20.3 Å². The predicted molar refractivity (Wildman–Crippen MR) is 134 cm³/mol. The van der Waals surface area contributed by atoms with Gasteiger partial charge in [-0.3, -0.25) is 9.69 Å². The Kier molecular flexibility index (Phi) is 6.79. The van der Waals surface area contributed by atoms with Crippen LogP contribution < -0.4 is 15.5 Å². The molecule has 34 heavy (non-hydrogen) atoms. The minimum atomic E-state index is -0.0512. The van der Waals surface area contributed by atoms with E-state index in [4.69, 9.17) is 9.84 Å². The van der Waals surface area contributed by atoms with E-state index in [-0.39, 0.29) is 18.0 Å². The van der Waals surface area contributed by atoms with Gasteiger partial charge in [0.2, 0.25) is 0 Å². The van der Waals surface area contributed by atoms with Crippen molar-refractivity contribution >= 4 is 17.4 Å². The molecule has 3 atom stereocenters. The van der Waals surface area contributed by atoms with E-state index in [1.807, 2.05) is 11.2 Å². The van der Waals surface area contributed by atoms with Crippen LogP contribution in [-0.2, 0) is 16.1 Å². The Balaban J connectivity index is 1.26. The molecule has 8 nitrogen and oxygen atoms in total. The van der Waals surface area contributed by atoms with E-state index in [0.29, 0.717) is 17.5 Å². The summed E-state index contributed by atoms with van der Waals surface area (Å²) in [6, 6.07) is 8.96. The van der Waals surface area contributed by atoms with Crippen LogP contribution in [0.4, 0.5) is 5.69 Å². The number of anilines is 1. The van der Waals surface area contributed by atoms with Crippen molar-refractivity contribution in [1.29, 1.82) is 0 Å². The molecule has 184 valence electrons. The standard InChI is InChI=1S/C26H38N6O2/c1-4-31(5-2)21-8-6-19(7-9-21)16-30-15-18(3)22(17-30)24-28-26(33)23-14-27-25(32(23)29-24)20-10-12-34-13-11-20/h6-9,14,18,20,22,25,27H,4-5,10-13,15-17H2,1-3H3,(H,28,29,33). The molecule has 2 saturated heterocycles. The highest BCUT2D eigenvalue weighted by Gasteiger charge is 2.42. The number of amidine groups is 1. The lowest BCUT2D eigenvalue weighted by molar-refractivity contribution is -0.118. The van der Waals surface area contributed by atoms with Gasteiger partial charge >= 0.3 is 0 Å². The third kappa shape index (κ3) is 4.53. The fraction of sp³-hybridized carbons (Fsp3) is 0.615.